The highest BCUT2D eigenvalue weighted by Gasteiger charge is 2.26. The summed E-state index contributed by atoms with van der Waals surface area (Å²) < 4.78 is 5.96. The lowest BCUT2D eigenvalue weighted by molar-refractivity contribution is -0.115. The Labute approximate surface area is 195 Å². The molecule has 2 fully saturated rings. The average Bonchev–Trinajstić information content (AvgIpc) is 3.16. The first kappa shape index (κ1) is 21.0. The molecule has 2 aliphatic rings. The molecule has 8 nitrogen and oxygen atoms in total. The molecule has 3 aromatic rings. The van der Waals surface area contributed by atoms with E-state index in [1.165, 1.54) is 5.69 Å². The highest BCUT2D eigenvalue weighted by Crippen LogP contribution is 2.28. The first-order chi connectivity index (χ1) is 16.1. The lowest BCUT2D eigenvalue weighted by Crippen LogP contribution is -2.47. The molecule has 0 radical (unpaired) electrons. The van der Waals surface area contributed by atoms with Gasteiger partial charge in [-0.3, -0.25) is 14.9 Å². The van der Waals surface area contributed by atoms with Crippen LogP contribution in [0.15, 0.2) is 71.6 Å². The molecule has 1 aromatic heterocycles. The standard InChI is InChI=1S/C24H21N5O3S/c30-22-20(33-24(31)27-22)15-17-16-21(32-19-9-5-2-6-10-19)26-23(25-17)29-13-11-28(12-14-29)18-7-3-1-4-8-18/h1-10,15-16H,11-14H2,(H,27,30,31). The SMILES string of the molecule is O=C1NC(=O)C(=Cc2cc(Oc3ccccc3)nc(N3CCN(c4ccccc4)CC3)n2)S1. The van der Waals surface area contributed by atoms with E-state index in [2.05, 4.69) is 37.2 Å². The van der Waals surface area contributed by atoms with Crippen LogP contribution in [0.3, 0.4) is 0 Å². The number of carbonyl (C=O) groups excluding carboxylic acids is 2. The zero-order valence-corrected chi connectivity index (χ0v) is 18.5. The van der Waals surface area contributed by atoms with Crippen molar-refractivity contribution in [2.45, 2.75) is 0 Å². The maximum Gasteiger partial charge on any atom is 0.290 e. The molecule has 2 saturated heterocycles. The van der Waals surface area contributed by atoms with E-state index < -0.39 is 11.1 Å². The normalized spacial score (nSPS) is 17.4. The third-order valence-corrected chi connectivity index (χ3v) is 6.09. The van der Waals surface area contributed by atoms with Crippen LogP contribution >= 0.6 is 11.8 Å². The predicted octanol–water partition coefficient (Wildman–Crippen LogP) is 3.92. The van der Waals surface area contributed by atoms with E-state index in [4.69, 9.17) is 4.74 Å². The molecule has 3 heterocycles. The van der Waals surface area contributed by atoms with Crippen LogP contribution in [0.2, 0.25) is 0 Å². The number of carbonyl (C=O) groups is 2. The van der Waals surface area contributed by atoms with Gasteiger partial charge in [0, 0.05) is 37.9 Å². The number of thioether (sulfide) groups is 1. The number of amides is 2. The predicted molar refractivity (Wildman–Crippen MR) is 129 cm³/mol. The fourth-order valence-corrected chi connectivity index (χ4v) is 4.33. The Morgan fingerprint density at radius 3 is 2.21 bits per heavy atom. The van der Waals surface area contributed by atoms with E-state index in [0.29, 0.717) is 28.2 Å². The van der Waals surface area contributed by atoms with Gasteiger partial charge in [0.05, 0.1) is 10.6 Å². The van der Waals surface area contributed by atoms with Gasteiger partial charge in [0.1, 0.15) is 5.75 Å². The maximum atomic E-state index is 12.0. The number of nitrogens with zero attached hydrogens (tertiary/aromatic N) is 4. The number of para-hydroxylation sites is 2. The minimum atomic E-state index is -0.424. The lowest BCUT2D eigenvalue weighted by Gasteiger charge is -2.36. The molecule has 33 heavy (non-hydrogen) atoms. The number of hydrogen-bond acceptors (Lipinski definition) is 8. The zero-order chi connectivity index (χ0) is 22.6. The monoisotopic (exact) mass is 459 g/mol. The third kappa shape index (κ3) is 4.98. The molecular formula is C24H21N5O3S. The summed E-state index contributed by atoms with van der Waals surface area (Å²) in [7, 11) is 0. The first-order valence-electron chi connectivity index (χ1n) is 10.6. The third-order valence-electron chi connectivity index (χ3n) is 5.28. The average molecular weight is 460 g/mol. The molecule has 0 atom stereocenters. The van der Waals surface area contributed by atoms with Gasteiger partial charge in [-0.2, -0.15) is 4.98 Å². The summed E-state index contributed by atoms with van der Waals surface area (Å²) in [6.45, 7) is 3.15. The van der Waals surface area contributed by atoms with Gasteiger partial charge < -0.3 is 14.5 Å². The molecule has 0 spiro atoms. The van der Waals surface area contributed by atoms with Gasteiger partial charge in [-0.1, -0.05) is 36.4 Å². The van der Waals surface area contributed by atoms with Crippen LogP contribution in [-0.2, 0) is 4.79 Å². The summed E-state index contributed by atoms with van der Waals surface area (Å²) >= 11 is 0.858. The molecule has 2 aliphatic heterocycles. The number of nitrogens with one attached hydrogen (secondary N) is 1. The molecular weight excluding hydrogens is 438 g/mol. The van der Waals surface area contributed by atoms with E-state index in [9.17, 15) is 9.59 Å². The molecule has 2 amide bonds. The van der Waals surface area contributed by atoms with Crippen molar-refractivity contribution in [1.29, 1.82) is 0 Å². The van der Waals surface area contributed by atoms with Crippen LogP contribution in [0, 0.1) is 0 Å². The van der Waals surface area contributed by atoms with Crippen LogP contribution in [0.4, 0.5) is 16.4 Å². The number of ether oxygens (including phenoxy) is 1. The summed E-state index contributed by atoms with van der Waals surface area (Å²) in [4.78, 5) is 37.6. The Morgan fingerprint density at radius 1 is 0.879 bits per heavy atom. The van der Waals surface area contributed by atoms with Crippen molar-refractivity contribution in [3.63, 3.8) is 0 Å². The molecule has 5 rings (SSSR count). The number of rotatable bonds is 5. The van der Waals surface area contributed by atoms with Gasteiger partial charge in [0.25, 0.3) is 11.1 Å². The fraction of sp³-hybridized carbons (Fsp3) is 0.167. The van der Waals surface area contributed by atoms with Crippen molar-refractivity contribution < 1.29 is 14.3 Å². The Hall–Kier alpha value is -3.85. The number of piperazine rings is 1. The van der Waals surface area contributed by atoms with Crippen molar-refractivity contribution in [3.05, 3.63) is 77.3 Å². The van der Waals surface area contributed by atoms with Gasteiger partial charge in [0.2, 0.25) is 11.8 Å². The highest BCUT2D eigenvalue weighted by molar-refractivity contribution is 8.18. The molecule has 9 heteroatoms. The summed E-state index contributed by atoms with van der Waals surface area (Å²) in [5.41, 5.74) is 1.70. The molecule has 0 saturated carbocycles. The van der Waals surface area contributed by atoms with Crippen LogP contribution in [0.1, 0.15) is 5.69 Å². The van der Waals surface area contributed by atoms with E-state index >= 15 is 0 Å². The Kier molecular flexibility index (Phi) is 5.95. The van der Waals surface area contributed by atoms with Crippen molar-refractivity contribution in [2.75, 3.05) is 36.0 Å². The van der Waals surface area contributed by atoms with Crippen molar-refractivity contribution in [3.8, 4) is 11.6 Å². The second-order valence-corrected chi connectivity index (χ2v) is 8.52. The smallest absolute Gasteiger partial charge is 0.290 e. The van der Waals surface area contributed by atoms with Gasteiger partial charge in [-0.15, -0.1) is 0 Å². The fourth-order valence-electron chi connectivity index (χ4n) is 3.67. The van der Waals surface area contributed by atoms with E-state index in [1.54, 1.807) is 12.1 Å². The van der Waals surface area contributed by atoms with Gasteiger partial charge in [-0.05, 0) is 42.1 Å². The van der Waals surface area contributed by atoms with Gasteiger partial charge in [-0.25, -0.2) is 4.98 Å². The number of benzene rings is 2. The molecule has 0 aliphatic carbocycles. The highest BCUT2D eigenvalue weighted by atomic mass is 32.2. The van der Waals surface area contributed by atoms with E-state index in [1.807, 2.05) is 48.5 Å². The van der Waals surface area contributed by atoms with Crippen molar-refractivity contribution in [1.82, 2.24) is 15.3 Å². The topological polar surface area (TPSA) is 87.7 Å². The Balaban J connectivity index is 1.41. The van der Waals surface area contributed by atoms with Crippen LogP contribution < -0.4 is 19.9 Å². The van der Waals surface area contributed by atoms with Gasteiger partial charge in [0.15, 0.2) is 0 Å². The van der Waals surface area contributed by atoms with Crippen LogP contribution in [-0.4, -0.2) is 47.3 Å². The molecule has 2 aromatic carbocycles. The van der Waals surface area contributed by atoms with Crippen molar-refractivity contribution >= 4 is 40.6 Å². The van der Waals surface area contributed by atoms with Crippen LogP contribution in [0.5, 0.6) is 11.6 Å². The first-order valence-corrected chi connectivity index (χ1v) is 11.4. The molecule has 166 valence electrons. The van der Waals surface area contributed by atoms with Crippen LogP contribution in [0.25, 0.3) is 6.08 Å². The number of anilines is 2. The summed E-state index contributed by atoms with van der Waals surface area (Å²) in [5.74, 6) is 1.13. The Bertz CT molecular complexity index is 1200. The second kappa shape index (κ2) is 9.33. The minimum Gasteiger partial charge on any atom is -0.439 e. The molecule has 0 bridgehead atoms. The van der Waals surface area contributed by atoms with E-state index in [-0.39, 0.29) is 0 Å². The van der Waals surface area contributed by atoms with E-state index in [0.717, 1.165) is 37.9 Å². The summed E-state index contributed by atoms with van der Waals surface area (Å²) in [5, 5.41) is 1.88. The number of hydrogen-bond donors (Lipinski definition) is 1. The van der Waals surface area contributed by atoms with Gasteiger partial charge >= 0.3 is 0 Å². The van der Waals surface area contributed by atoms with Crippen molar-refractivity contribution in [2.24, 2.45) is 0 Å². The molecule has 1 N–H and O–H groups in total. The maximum absolute atomic E-state index is 12.0. The minimum absolute atomic E-state index is 0.296. The largest absolute Gasteiger partial charge is 0.439 e. The number of imide groups is 1. The zero-order valence-electron chi connectivity index (χ0n) is 17.7. The second-order valence-electron chi connectivity index (χ2n) is 7.51. The number of aromatic nitrogens is 2. The summed E-state index contributed by atoms with van der Waals surface area (Å²) in [6, 6.07) is 21.3. The Morgan fingerprint density at radius 2 is 1.55 bits per heavy atom. The summed E-state index contributed by atoms with van der Waals surface area (Å²) in [6.07, 6.45) is 1.59. The lowest BCUT2D eigenvalue weighted by atomic mass is 10.2. The quantitative estimate of drug-likeness (QED) is 0.575. The molecule has 0 unspecified atom stereocenters.